The summed E-state index contributed by atoms with van der Waals surface area (Å²) >= 11 is 0. The molecule has 0 radical (unpaired) electrons. The van der Waals surface area contributed by atoms with Gasteiger partial charge in [-0.25, -0.2) is 9.97 Å². The summed E-state index contributed by atoms with van der Waals surface area (Å²) in [6.07, 6.45) is 4.47. The first-order valence-electron chi connectivity index (χ1n) is 10.5. The average Bonchev–Trinajstić information content (AvgIpc) is 3.56. The van der Waals surface area contributed by atoms with Crippen LogP contribution in [0.1, 0.15) is 29.9 Å². The van der Waals surface area contributed by atoms with Crippen molar-refractivity contribution in [3.8, 4) is 17.1 Å². The Morgan fingerprint density at radius 2 is 2.03 bits per heavy atom. The minimum atomic E-state index is -0.0296. The minimum Gasteiger partial charge on any atom is -0.497 e. The van der Waals surface area contributed by atoms with E-state index >= 15 is 0 Å². The van der Waals surface area contributed by atoms with E-state index in [9.17, 15) is 4.79 Å². The van der Waals surface area contributed by atoms with Gasteiger partial charge in [-0.2, -0.15) is 5.10 Å². The summed E-state index contributed by atoms with van der Waals surface area (Å²) in [6, 6.07) is 13.6. The number of aryl methyl sites for hydroxylation is 1. The lowest BCUT2D eigenvalue weighted by atomic mass is 10.2. The van der Waals surface area contributed by atoms with Crippen LogP contribution in [0.15, 0.2) is 54.9 Å². The largest absolute Gasteiger partial charge is 0.497 e. The van der Waals surface area contributed by atoms with Gasteiger partial charge in [0.2, 0.25) is 0 Å². The highest BCUT2D eigenvalue weighted by atomic mass is 16.5. The Labute approximate surface area is 180 Å². The van der Waals surface area contributed by atoms with Gasteiger partial charge >= 0.3 is 0 Å². The molecule has 0 bridgehead atoms. The third kappa shape index (κ3) is 3.43. The molecule has 0 N–H and O–H groups in total. The van der Waals surface area contributed by atoms with E-state index in [4.69, 9.17) is 9.72 Å². The van der Waals surface area contributed by atoms with E-state index in [0.29, 0.717) is 18.8 Å². The fourth-order valence-corrected chi connectivity index (χ4v) is 4.17. The Hall–Kier alpha value is -3.68. The first-order valence-corrected chi connectivity index (χ1v) is 10.5. The van der Waals surface area contributed by atoms with E-state index < -0.39 is 0 Å². The van der Waals surface area contributed by atoms with Gasteiger partial charge in [-0.05, 0) is 55.8 Å². The van der Waals surface area contributed by atoms with Crippen molar-refractivity contribution in [2.24, 2.45) is 0 Å². The van der Waals surface area contributed by atoms with Gasteiger partial charge < -0.3 is 14.2 Å². The number of methoxy groups -OCH3 is 1. The minimum absolute atomic E-state index is 0.0296. The maximum Gasteiger partial charge on any atom is 0.274 e. The molecule has 3 aromatic heterocycles. The number of pyridine rings is 1. The summed E-state index contributed by atoms with van der Waals surface area (Å²) in [7, 11) is 1.65. The maximum atomic E-state index is 13.0. The number of ether oxygens (including phenoxy) is 1. The van der Waals surface area contributed by atoms with Crippen molar-refractivity contribution in [2.45, 2.75) is 25.9 Å². The van der Waals surface area contributed by atoms with Gasteiger partial charge in [0.1, 0.15) is 22.8 Å². The Morgan fingerprint density at radius 3 is 2.77 bits per heavy atom. The van der Waals surface area contributed by atoms with Gasteiger partial charge in [0.05, 0.1) is 13.2 Å². The number of carbonyl (C=O) groups is 1. The van der Waals surface area contributed by atoms with Crippen LogP contribution in [0.25, 0.3) is 22.6 Å². The standard InChI is InChI=1S/C23H24N6O2/c1-3-28-14-11-20(26-28)23(30)27-13-10-17(15-27)29-21(16-6-8-18(31-2)9-7-16)25-19-5-4-12-24-22(19)29/h4-9,11-12,14,17H,3,10,13,15H2,1-2H3. The molecule has 1 saturated heterocycles. The highest BCUT2D eigenvalue weighted by Gasteiger charge is 2.32. The van der Waals surface area contributed by atoms with Crippen LogP contribution in [-0.2, 0) is 6.54 Å². The van der Waals surface area contributed by atoms with Crippen LogP contribution in [-0.4, -0.2) is 55.3 Å². The predicted octanol–water partition coefficient (Wildman–Crippen LogP) is 3.41. The maximum absolute atomic E-state index is 13.0. The molecule has 8 nitrogen and oxygen atoms in total. The Morgan fingerprint density at radius 1 is 1.19 bits per heavy atom. The molecule has 8 heteroatoms. The number of amides is 1. The second-order valence-electron chi connectivity index (χ2n) is 7.63. The van der Waals surface area contributed by atoms with E-state index in [0.717, 1.165) is 41.3 Å². The summed E-state index contributed by atoms with van der Waals surface area (Å²) in [4.78, 5) is 24.3. The molecule has 1 amide bonds. The number of nitrogens with zero attached hydrogens (tertiary/aromatic N) is 6. The van der Waals surface area contributed by atoms with Crippen LogP contribution in [0.3, 0.4) is 0 Å². The lowest BCUT2D eigenvalue weighted by molar-refractivity contribution is 0.0781. The van der Waals surface area contributed by atoms with E-state index in [1.54, 1.807) is 24.1 Å². The predicted molar refractivity (Wildman–Crippen MR) is 117 cm³/mol. The Bertz CT molecular complexity index is 1230. The molecule has 0 aliphatic carbocycles. The molecule has 1 aliphatic rings. The number of hydrogen-bond donors (Lipinski definition) is 0. The second-order valence-corrected chi connectivity index (χ2v) is 7.63. The Kier molecular flexibility index (Phi) is 4.89. The number of benzene rings is 1. The van der Waals surface area contributed by atoms with E-state index in [1.807, 2.05) is 54.4 Å². The number of aromatic nitrogens is 5. The zero-order chi connectivity index (χ0) is 21.4. The van der Waals surface area contributed by atoms with Gasteiger partial charge in [-0.3, -0.25) is 9.48 Å². The van der Waals surface area contributed by atoms with Crippen LogP contribution in [0.4, 0.5) is 0 Å². The molecular formula is C23H24N6O2. The number of hydrogen-bond acceptors (Lipinski definition) is 5. The van der Waals surface area contributed by atoms with Crippen LogP contribution in [0.5, 0.6) is 5.75 Å². The van der Waals surface area contributed by atoms with Crippen LogP contribution < -0.4 is 4.74 Å². The number of likely N-dealkylation sites (tertiary alicyclic amines) is 1. The van der Waals surface area contributed by atoms with Crippen molar-refractivity contribution in [2.75, 3.05) is 20.2 Å². The number of rotatable bonds is 5. The van der Waals surface area contributed by atoms with Crippen LogP contribution in [0.2, 0.25) is 0 Å². The number of fused-ring (bicyclic) bond motifs is 1. The van der Waals surface area contributed by atoms with E-state index in [1.165, 1.54) is 0 Å². The first kappa shape index (κ1) is 19.3. The van der Waals surface area contributed by atoms with Crippen molar-refractivity contribution < 1.29 is 9.53 Å². The van der Waals surface area contributed by atoms with E-state index in [2.05, 4.69) is 14.6 Å². The van der Waals surface area contributed by atoms with Gasteiger partial charge in [0.15, 0.2) is 5.65 Å². The van der Waals surface area contributed by atoms with Crippen molar-refractivity contribution in [1.29, 1.82) is 0 Å². The topological polar surface area (TPSA) is 78.1 Å². The van der Waals surface area contributed by atoms with Gasteiger partial charge in [0, 0.05) is 37.6 Å². The van der Waals surface area contributed by atoms with Crippen LogP contribution in [0, 0.1) is 0 Å². The molecule has 158 valence electrons. The summed E-state index contributed by atoms with van der Waals surface area (Å²) in [5.74, 6) is 1.62. The molecule has 1 atom stereocenters. The number of carbonyl (C=O) groups excluding carboxylic acids is 1. The van der Waals surface area contributed by atoms with Gasteiger partial charge in [0.25, 0.3) is 5.91 Å². The molecule has 4 heterocycles. The lowest BCUT2D eigenvalue weighted by Gasteiger charge is -2.18. The highest BCUT2D eigenvalue weighted by Crippen LogP contribution is 2.33. The van der Waals surface area contributed by atoms with E-state index in [-0.39, 0.29) is 11.9 Å². The van der Waals surface area contributed by atoms with Crippen molar-refractivity contribution in [3.05, 3.63) is 60.6 Å². The molecule has 0 saturated carbocycles. The Balaban J connectivity index is 1.48. The molecule has 4 aromatic rings. The van der Waals surface area contributed by atoms with Crippen LogP contribution >= 0.6 is 0 Å². The molecule has 1 fully saturated rings. The molecule has 1 unspecified atom stereocenters. The monoisotopic (exact) mass is 416 g/mol. The third-order valence-electron chi connectivity index (χ3n) is 5.80. The second kappa shape index (κ2) is 7.86. The molecular weight excluding hydrogens is 392 g/mol. The lowest BCUT2D eigenvalue weighted by Crippen LogP contribution is -2.29. The molecule has 1 aromatic carbocycles. The zero-order valence-corrected chi connectivity index (χ0v) is 17.6. The third-order valence-corrected chi connectivity index (χ3v) is 5.80. The van der Waals surface area contributed by atoms with Gasteiger partial charge in [-0.1, -0.05) is 0 Å². The van der Waals surface area contributed by atoms with Crippen molar-refractivity contribution >= 4 is 17.1 Å². The summed E-state index contributed by atoms with van der Waals surface area (Å²) in [6.45, 7) is 4.03. The summed E-state index contributed by atoms with van der Waals surface area (Å²) < 4.78 is 9.24. The smallest absolute Gasteiger partial charge is 0.274 e. The van der Waals surface area contributed by atoms with Gasteiger partial charge in [-0.15, -0.1) is 0 Å². The first-order chi connectivity index (χ1) is 15.2. The fraction of sp³-hybridized carbons (Fsp3) is 0.304. The fourth-order valence-electron chi connectivity index (χ4n) is 4.17. The zero-order valence-electron chi connectivity index (χ0n) is 17.6. The van der Waals surface area contributed by atoms with Crippen molar-refractivity contribution in [1.82, 2.24) is 29.2 Å². The highest BCUT2D eigenvalue weighted by molar-refractivity contribution is 5.92. The SMILES string of the molecule is CCn1ccc(C(=O)N2CCC(n3c(-c4ccc(OC)cc4)nc4cccnc43)C2)n1. The molecule has 31 heavy (non-hydrogen) atoms. The normalized spacial score (nSPS) is 16.2. The quantitative estimate of drug-likeness (QED) is 0.498. The molecule has 0 spiro atoms. The average molecular weight is 416 g/mol. The number of imidazole rings is 1. The molecule has 5 rings (SSSR count). The summed E-state index contributed by atoms with van der Waals surface area (Å²) in [5.41, 5.74) is 3.17. The summed E-state index contributed by atoms with van der Waals surface area (Å²) in [5, 5.41) is 4.37. The molecule has 1 aliphatic heterocycles. The van der Waals surface area contributed by atoms with Crippen molar-refractivity contribution in [3.63, 3.8) is 0 Å².